The molecule has 16 heavy (non-hydrogen) atoms. The number of hydrogen-bond donors (Lipinski definition) is 1. The van der Waals surface area contributed by atoms with Crippen LogP contribution in [0.1, 0.15) is 40.5 Å². The highest BCUT2D eigenvalue weighted by Gasteiger charge is 2.31. The van der Waals surface area contributed by atoms with Gasteiger partial charge in [0.05, 0.1) is 0 Å². The van der Waals surface area contributed by atoms with Crippen LogP contribution in [0.2, 0.25) is 0 Å². The third-order valence-corrected chi connectivity index (χ3v) is 2.94. The molecule has 2 N–H and O–H groups in total. The summed E-state index contributed by atoms with van der Waals surface area (Å²) in [5.74, 6) is 0.420. The molecule has 0 aliphatic carbocycles. The molecule has 1 saturated heterocycles. The zero-order valence-corrected chi connectivity index (χ0v) is 10.8. The Kier molecular flexibility index (Phi) is 4.19. The molecular formula is C12H24N2O2. The second-order valence-corrected chi connectivity index (χ2v) is 5.66. The zero-order chi connectivity index (χ0) is 12.3. The summed E-state index contributed by atoms with van der Waals surface area (Å²) in [5.41, 5.74) is 5.24. The Bertz CT molecular complexity index is 248. The molecule has 1 aliphatic rings. The predicted molar refractivity (Wildman–Crippen MR) is 64.2 cm³/mol. The van der Waals surface area contributed by atoms with Crippen molar-refractivity contribution in [2.24, 2.45) is 11.7 Å². The van der Waals surface area contributed by atoms with Gasteiger partial charge in [-0.15, -0.1) is 0 Å². The second-order valence-electron chi connectivity index (χ2n) is 5.66. The van der Waals surface area contributed by atoms with Crippen LogP contribution < -0.4 is 5.73 Å². The van der Waals surface area contributed by atoms with E-state index < -0.39 is 5.60 Å². The Morgan fingerprint density at radius 3 is 2.56 bits per heavy atom. The molecule has 1 amide bonds. The minimum absolute atomic E-state index is 0.210. The Morgan fingerprint density at radius 1 is 1.44 bits per heavy atom. The number of rotatable bonds is 1. The minimum atomic E-state index is -0.424. The predicted octanol–water partition coefficient (Wildman–Crippen LogP) is 1.98. The van der Waals surface area contributed by atoms with Gasteiger partial charge in [0, 0.05) is 12.6 Å². The van der Waals surface area contributed by atoms with Crippen molar-refractivity contribution in [3.63, 3.8) is 0 Å². The molecule has 4 nitrogen and oxygen atoms in total. The molecule has 0 radical (unpaired) electrons. The maximum Gasteiger partial charge on any atom is 0.410 e. The average molecular weight is 228 g/mol. The molecule has 1 heterocycles. The number of nitrogens with two attached hydrogens (primary N) is 1. The average Bonchev–Trinajstić information content (AvgIpc) is 2.15. The number of likely N-dealkylation sites (tertiary alicyclic amines) is 1. The molecule has 0 spiro atoms. The summed E-state index contributed by atoms with van der Waals surface area (Å²) in [6, 6.07) is 0.262. The van der Waals surface area contributed by atoms with Gasteiger partial charge in [0.1, 0.15) is 5.60 Å². The summed E-state index contributed by atoms with van der Waals surface area (Å²) >= 11 is 0. The van der Waals surface area contributed by atoms with Crippen LogP contribution in [0, 0.1) is 5.92 Å². The first-order chi connectivity index (χ1) is 7.33. The molecule has 4 heteroatoms. The van der Waals surface area contributed by atoms with Crippen LogP contribution in [-0.4, -0.2) is 35.7 Å². The molecular weight excluding hydrogens is 204 g/mol. The third kappa shape index (κ3) is 3.67. The van der Waals surface area contributed by atoms with Crippen molar-refractivity contribution in [3.05, 3.63) is 0 Å². The van der Waals surface area contributed by atoms with Gasteiger partial charge in [-0.1, -0.05) is 0 Å². The number of hydrogen-bond acceptors (Lipinski definition) is 3. The standard InChI is InChI=1S/C12H24N2O2/c1-9-5-6-10(7-13)8-14(9)11(15)16-12(2,3)4/h9-10H,5-8,13H2,1-4H3. The van der Waals surface area contributed by atoms with E-state index in [9.17, 15) is 4.79 Å². The van der Waals surface area contributed by atoms with Crippen LogP contribution in [0.25, 0.3) is 0 Å². The quantitative estimate of drug-likeness (QED) is 0.746. The molecule has 1 aliphatic heterocycles. The van der Waals surface area contributed by atoms with Crippen LogP contribution in [0.3, 0.4) is 0 Å². The van der Waals surface area contributed by atoms with Crippen LogP contribution in [-0.2, 0) is 4.74 Å². The highest BCUT2D eigenvalue weighted by molar-refractivity contribution is 5.68. The van der Waals surface area contributed by atoms with E-state index in [-0.39, 0.29) is 12.1 Å². The molecule has 2 atom stereocenters. The van der Waals surface area contributed by atoms with E-state index in [0.29, 0.717) is 12.5 Å². The molecule has 94 valence electrons. The zero-order valence-electron chi connectivity index (χ0n) is 10.8. The molecule has 0 aromatic heterocycles. The van der Waals surface area contributed by atoms with Crippen molar-refractivity contribution in [2.75, 3.05) is 13.1 Å². The Labute approximate surface area is 98.1 Å². The number of piperidine rings is 1. The van der Waals surface area contributed by atoms with Gasteiger partial charge in [0.15, 0.2) is 0 Å². The molecule has 2 unspecified atom stereocenters. The summed E-state index contributed by atoms with van der Waals surface area (Å²) in [4.78, 5) is 13.8. The topological polar surface area (TPSA) is 55.6 Å². The van der Waals surface area contributed by atoms with Gasteiger partial charge in [-0.25, -0.2) is 4.79 Å². The lowest BCUT2D eigenvalue weighted by Gasteiger charge is -2.38. The molecule has 0 saturated carbocycles. The monoisotopic (exact) mass is 228 g/mol. The lowest BCUT2D eigenvalue weighted by molar-refractivity contribution is 0.00600. The fourth-order valence-electron chi connectivity index (χ4n) is 1.95. The van der Waals surface area contributed by atoms with E-state index in [4.69, 9.17) is 10.5 Å². The van der Waals surface area contributed by atoms with E-state index >= 15 is 0 Å². The third-order valence-electron chi connectivity index (χ3n) is 2.94. The maximum atomic E-state index is 11.9. The summed E-state index contributed by atoms with van der Waals surface area (Å²) in [6.45, 7) is 9.11. The lowest BCUT2D eigenvalue weighted by atomic mass is 9.94. The van der Waals surface area contributed by atoms with Crippen molar-refractivity contribution in [3.8, 4) is 0 Å². The first kappa shape index (κ1) is 13.3. The fraction of sp³-hybridized carbons (Fsp3) is 0.917. The number of amides is 1. The van der Waals surface area contributed by atoms with Gasteiger partial charge >= 0.3 is 6.09 Å². The summed E-state index contributed by atoms with van der Waals surface area (Å²) in [7, 11) is 0. The van der Waals surface area contributed by atoms with Gasteiger partial charge in [-0.3, -0.25) is 0 Å². The SMILES string of the molecule is CC1CCC(CN)CN1C(=O)OC(C)(C)C. The summed E-state index contributed by atoms with van der Waals surface area (Å²) < 4.78 is 5.39. The number of carbonyl (C=O) groups is 1. The highest BCUT2D eigenvalue weighted by atomic mass is 16.6. The van der Waals surface area contributed by atoms with Gasteiger partial charge in [0.2, 0.25) is 0 Å². The largest absolute Gasteiger partial charge is 0.444 e. The Morgan fingerprint density at radius 2 is 2.06 bits per heavy atom. The van der Waals surface area contributed by atoms with Crippen molar-refractivity contribution in [1.29, 1.82) is 0 Å². The van der Waals surface area contributed by atoms with E-state index in [2.05, 4.69) is 6.92 Å². The van der Waals surface area contributed by atoms with E-state index in [0.717, 1.165) is 19.4 Å². The van der Waals surface area contributed by atoms with Crippen LogP contribution in [0.5, 0.6) is 0 Å². The smallest absolute Gasteiger partial charge is 0.410 e. The molecule has 0 bridgehead atoms. The van der Waals surface area contributed by atoms with Crippen LogP contribution >= 0.6 is 0 Å². The minimum Gasteiger partial charge on any atom is -0.444 e. The highest BCUT2D eigenvalue weighted by Crippen LogP contribution is 2.23. The first-order valence-electron chi connectivity index (χ1n) is 6.03. The van der Waals surface area contributed by atoms with Gasteiger partial charge < -0.3 is 15.4 Å². The number of nitrogens with zero attached hydrogens (tertiary/aromatic N) is 1. The lowest BCUT2D eigenvalue weighted by Crippen LogP contribution is -2.48. The van der Waals surface area contributed by atoms with E-state index in [1.807, 2.05) is 25.7 Å². The second kappa shape index (κ2) is 5.04. The first-order valence-corrected chi connectivity index (χ1v) is 6.03. The van der Waals surface area contributed by atoms with Gasteiger partial charge in [0.25, 0.3) is 0 Å². The van der Waals surface area contributed by atoms with Crippen molar-refractivity contribution in [1.82, 2.24) is 4.90 Å². The van der Waals surface area contributed by atoms with Crippen LogP contribution in [0.4, 0.5) is 4.79 Å². The van der Waals surface area contributed by atoms with E-state index in [1.165, 1.54) is 0 Å². The molecule has 0 aromatic rings. The fourth-order valence-corrected chi connectivity index (χ4v) is 1.95. The number of carbonyl (C=O) groups excluding carboxylic acids is 1. The summed E-state index contributed by atoms with van der Waals surface area (Å²) in [6.07, 6.45) is 1.91. The Hall–Kier alpha value is -0.770. The normalized spacial score (nSPS) is 26.7. The summed E-state index contributed by atoms with van der Waals surface area (Å²) in [5, 5.41) is 0. The molecule has 1 fully saturated rings. The van der Waals surface area contributed by atoms with Crippen LogP contribution in [0.15, 0.2) is 0 Å². The van der Waals surface area contributed by atoms with Crippen molar-refractivity contribution >= 4 is 6.09 Å². The molecule has 0 aromatic carbocycles. The number of ether oxygens (including phenoxy) is 1. The van der Waals surface area contributed by atoms with Crippen molar-refractivity contribution < 1.29 is 9.53 Å². The Balaban J connectivity index is 2.59. The molecule has 1 rings (SSSR count). The van der Waals surface area contributed by atoms with Gasteiger partial charge in [-0.05, 0) is 53.0 Å². The van der Waals surface area contributed by atoms with Crippen molar-refractivity contribution in [2.45, 2.75) is 52.2 Å². The van der Waals surface area contributed by atoms with E-state index in [1.54, 1.807) is 0 Å². The van der Waals surface area contributed by atoms with Gasteiger partial charge in [-0.2, -0.15) is 0 Å². The maximum absolute atomic E-state index is 11.9.